The van der Waals surface area contributed by atoms with E-state index in [9.17, 15) is 9.90 Å². The normalized spacial score (nSPS) is 22.0. The number of urea groups is 1. The maximum atomic E-state index is 12.2. The number of aliphatic hydroxyl groups is 1. The van der Waals surface area contributed by atoms with Gasteiger partial charge in [0.15, 0.2) is 0 Å². The smallest absolute Gasteiger partial charge is 0.319 e. The van der Waals surface area contributed by atoms with Crippen LogP contribution in [0.15, 0.2) is 29.2 Å². The molecule has 1 fully saturated rings. The molecule has 0 heterocycles. The first-order valence-electron chi connectivity index (χ1n) is 7.97. The second kappa shape index (κ2) is 8.80. The second-order valence-electron chi connectivity index (χ2n) is 5.89. The predicted octanol–water partition coefficient (Wildman–Crippen LogP) is 3.36. The number of thioether (sulfide) groups is 1. The molecule has 0 spiro atoms. The number of nitriles is 1. The van der Waals surface area contributed by atoms with Gasteiger partial charge < -0.3 is 15.7 Å². The molecule has 1 aliphatic carbocycles. The Labute approximate surface area is 141 Å². The van der Waals surface area contributed by atoms with Crippen molar-refractivity contribution in [1.82, 2.24) is 5.32 Å². The first-order chi connectivity index (χ1) is 11.1. The first kappa shape index (κ1) is 17.6. The summed E-state index contributed by atoms with van der Waals surface area (Å²) >= 11 is 1.55. The fraction of sp³-hybridized carbons (Fsp3) is 0.529. The number of carbonyl (C=O) groups excluding carboxylic acids is 1. The van der Waals surface area contributed by atoms with E-state index in [2.05, 4.69) is 16.7 Å². The van der Waals surface area contributed by atoms with E-state index in [1.54, 1.807) is 11.8 Å². The summed E-state index contributed by atoms with van der Waals surface area (Å²) in [5.41, 5.74) is 0.727. The highest BCUT2D eigenvalue weighted by atomic mass is 32.2. The topological polar surface area (TPSA) is 85.2 Å². The highest BCUT2D eigenvalue weighted by Gasteiger charge is 2.24. The van der Waals surface area contributed by atoms with Gasteiger partial charge in [-0.3, -0.25) is 0 Å². The fourth-order valence-corrected chi connectivity index (χ4v) is 3.51. The van der Waals surface area contributed by atoms with Gasteiger partial charge in [0.2, 0.25) is 0 Å². The van der Waals surface area contributed by atoms with Crippen molar-refractivity contribution in [3.63, 3.8) is 0 Å². The van der Waals surface area contributed by atoms with Gasteiger partial charge in [-0.15, -0.1) is 11.8 Å². The number of hydrogen-bond acceptors (Lipinski definition) is 4. The van der Waals surface area contributed by atoms with Crippen molar-refractivity contribution in [2.24, 2.45) is 5.92 Å². The molecular weight excluding hydrogens is 310 g/mol. The van der Waals surface area contributed by atoms with Crippen molar-refractivity contribution in [2.75, 3.05) is 11.1 Å². The van der Waals surface area contributed by atoms with Gasteiger partial charge in [-0.2, -0.15) is 5.26 Å². The van der Waals surface area contributed by atoms with Crippen LogP contribution in [0.4, 0.5) is 10.5 Å². The van der Waals surface area contributed by atoms with Crippen LogP contribution in [0.5, 0.6) is 0 Å². The van der Waals surface area contributed by atoms with Crippen LogP contribution in [0.3, 0.4) is 0 Å². The number of nitrogens with zero attached hydrogens (tertiary/aromatic N) is 1. The van der Waals surface area contributed by atoms with Gasteiger partial charge in [-0.1, -0.05) is 25.0 Å². The number of para-hydroxylation sites is 1. The van der Waals surface area contributed by atoms with Crippen molar-refractivity contribution < 1.29 is 9.90 Å². The van der Waals surface area contributed by atoms with E-state index in [-0.39, 0.29) is 18.0 Å². The number of rotatable bonds is 5. The summed E-state index contributed by atoms with van der Waals surface area (Å²) in [6.45, 7) is 1.88. The van der Waals surface area contributed by atoms with Crippen LogP contribution in [-0.2, 0) is 0 Å². The molecule has 3 atom stereocenters. The van der Waals surface area contributed by atoms with E-state index >= 15 is 0 Å². The van der Waals surface area contributed by atoms with Crippen molar-refractivity contribution in [3.8, 4) is 6.07 Å². The number of benzene rings is 1. The average Bonchev–Trinajstić information content (AvgIpc) is 2.56. The van der Waals surface area contributed by atoms with E-state index in [4.69, 9.17) is 5.26 Å². The zero-order chi connectivity index (χ0) is 16.7. The van der Waals surface area contributed by atoms with Crippen LogP contribution in [-0.4, -0.2) is 29.0 Å². The molecule has 1 saturated carbocycles. The van der Waals surface area contributed by atoms with E-state index in [1.807, 2.05) is 31.2 Å². The molecule has 6 heteroatoms. The maximum Gasteiger partial charge on any atom is 0.319 e. The quantitative estimate of drug-likeness (QED) is 0.721. The molecule has 0 aromatic heterocycles. The predicted molar refractivity (Wildman–Crippen MR) is 92.4 cm³/mol. The monoisotopic (exact) mass is 333 g/mol. The molecule has 0 radical (unpaired) electrons. The minimum Gasteiger partial charge on any atom is -0.391 e. The lowest BCUT2D eigenvalue weighted by Crippen LogP contribution is -2.46. The number of carbonyl (C=O) groups is 1. The van der Waals surface area contributed by atoms with Crippen molar-refractivity contribution in [3.05, 3.63) is 24.3 Å². The fourth-order valence-electron chi connectivity index (χ4n) is 2.55. The molecule has 1 aliphatic rings. The van der Waals surface area contributed by atoms with E-state index in [0.29, 0.717) is 5.75 Å². The molecule has 124 valence electrons. The molecule has 3 N–H and O–H groups in total. The van der Waals surface area contributed by atoms with Crippen LogP contribution in [0.2, 0.25) is 0 Å². The van der Waals surface area contributed by atoms with Gasteiger partial charge in [-0.05, 0) is 31.9 Å². The Balaban J connectivity index is 1.93. The Morgan fingerprint density at radius 2 is 2.17 bits per heavy atom. The van der Waals surface area contributed by atoms with Gasteiger partial charge in [0.05, 0.1) is 29.8 Å². The molecule has 2 rings (SSSR count). The lowest BCUT2D eigenvalue weighted by atomic mass is 9.93. The second-order valence-corrected chi connectivity index (χ2v) is 6.96. The Hall–Kier alpha value is -1.71. The molecule has 23 heavy (non-hydrogen) atoms. The van der Waals surface area contributed by atoms with Gasteiger partial charge in [0.1, 0.15) is 0 Å². The molecule has 1 aromatic carbocycles. The molecule has 2 amide bonds. The minimum absolute atomic E-state index is 0.0423. The summed E-state index contributed by atoms with van der Waals surface area (Å²) in [5.74, 6) is 0.636. The van der Waals surface area contributed by atoms with Crippen LogP contribution in [0.25, 0.3) is 0 Å². The Kier molecular flexibility index (Phi) is 6.75. The Morgan fingerprint density at radius 1 is 1.43 bits per heavy atom. The number of anilines is 1. The lowest BCUT2D eigenvalue weighted by molar-refractivity contribution is 0.0955. The number of nitrogens with one attached hydrogen (secondary N) is 2. The zero-order valence-corrected chi connectivity index (χ0v) is 14.1. The lowest BCUT2D eigenvalue weighted by Gasteiger charge is -2.28. The van der Waals surface area contributed by atoms with Crippen LogP contribution < -0.4 is 10.6 Å². The molecule has 0 bridgehead atoms. The summed E-state index contributed by atoms with van der Waals surface area (Å²) in [6, 6.07) is 9.28. The Bertz CT molecular complexity index is 573. The number of aliphatic hydroxyl groups excluding tert-OH is 1. The SMILES string of the molecule is C[C@H](C#N)CSc1ccccc1NC(=O)N[C@@H]1CCCC[C@@H]1O. The summed E-state index contributed by atoms with van der Waals surface area (Å²) in [4.78, 5) is 13.1. The van der Waals surface area contributed by atoms with Gasteiger partial charge >= 0.3 is 6.03 Å². The number of amides is 2. The number of hydrogen-bond donors (Lipinski definition) is 3. The van der Waals surface area contributed by atoms with Gasteiger partial charge in [-0.25, -0.2) is 4.79 Å². The third-order valence-corrected chi connectivity index (χ3v) is 5.22. The standard InChI is InChI=1S/C17H23N3O2S/c1-12(10-18)11-23-16-9-5-3-7-14(16)20-17(22)19-13-6-2-4-8-15(13)21/h3,5,7,9,12-13,15,21H,2,4,6,8,11H2,1H3,(H2,19,20,22)/t12-,13-,15+/m1/s1. The Morgan fingerprint density at radius 3 is 2.91 bits per heavy atom. The van der Waals surface area contributed by atoms with E-state index in [1.165, 1.54) is 0 Å². The van der Waals surface area contributed by atoms with Gasteiger partial charge in [0, 0.05) is 10.6 Å². The van der Waals surface area contributed by atoms with E-state index in [0.717, 1.165) is 36.3 Å². The molecule has 0 aliphatic heterocycles. The van der Waals surface area contributed by atoms with Crippen LogP contribution in [0, 0.1) is 17.2 Å². The van der Waals surface area contributed by atoms with Crippen molar-refractivity contribution >= 4 is 23.5 Å². The summed E-state index contributed by atoms with van der Waals surface area (Å²) < 4.78 is 0. The third-order valence-electron chi connectivity index (χ3n) is 3.89. The largest absolute Gasteiger partial charge is 0.391 e. The third kappa shape index (κ3) is 5.45. The maximum absolute atomic E-state index is 12.2. The molecular formula is C17H23N3O2S. The highest BCUT2D eigenvalue weighted by molar-refractivity contribution is 7.99. The molecule has 0 unspecified atom stereocenters. The molecule has 0 saturated heterocycles. The van der Waals surface area contributed by atoms with Crippen LogP contribution in [0.1, 0.15) is 32.6 Å². The van der Waals surface area contributed by atoms with E-state index < -0.39 is 6.10 Å². The average molecular weight is 333 g/mol. The van der Waals surface area contributed by atoms with Gasteiger partial charge in [0.25, 0.3) is 0 Å². The highest BCUT2D eigenvalue weighted by Crippen LogP contribution is 2.28. The molecule has 5 nitrogen and oxygen atoms in total. The molecule has 1 aromatic rings. The summed E-state index contributed by atoms with van der Waals surface area (Å²) in [6.07, 6.45) is 3.13. The van der Waals surface area contributed by atoms with Crippen LogP contribution >= 0.6 is 11.8 Å². The van der Waals surface area contributed by atoms with Crippen molar-refractivity contribution in [1.29, 1.82) is 5.26 Å². The minimum atomic E-state index is -0.462. The summed E-state index contributed by atoms with van der Waals surface area (Å²) in [7, 11) is 0. The first-order valence-corrected chi connectivity index (χ1v) is 8.95. The van der Waals surface area contributed by atoms with Crippen molar-refractivity contribution in [2.45, 2.75) is 49.6 Å². The summed E-state index contributed by atoms with van der Waals surface area (Å²) in [5, 5.41) is 24.5. The zero-order valence-electron chi connectivity index (χ0n) is 13.3.